The highest BCUT2D eigenvalue weighted by molar-refractivity contribution is 5.88. The molecule has 1 aromatic heterocycles. The van der Waals surface area contributed by atoms with Crippen molar-refractivity contribution in [3.05, 3.63) is 23.9 Å². The molecule has 0 fully saturated rings. The van der Waals surface area contributed by atoms with Gasteiger partial charge in [0.2, 0.25) is 0 Å². The van der Waals surface area contributed by atoms with Crippen LogP contribution in [0, 0.1) is 11.8 Å². The molecule has 2 N–H and O–H groups in total. The highest BCUT2D eigenvalue weighted by Crippen LogP contribution is 2.05. The Labute approximate surface area is 107 Å². The van der Waals surface area contributed by atoms with Crippen LogP contribution in [0.5, 0.6) is 0 Å². The predicted octanol–water partition coefficient (Wildman–Crippen LogP) is 1.30. The molecule has 0 aliphatic rings. The van der Waals surface area contributed by atoms with Gasteiger partial charge in [-0.15, -0.1) is 0 Å². The summed E-state index contributed by atoms with van der Waals surface area (Å²) in [6.07, 6.45) is 0.414. The van der Waals surface area contributed by atoms with Crippen LogP contribution < -0.4 is 5.32 Å². The lowest BCUT2D eigenvalue weighted by molar-refractivity contribution is 0.224. The molecule has 0 bridgehead atoms. The molecule has 0 aromatic carbocycles. The van der Waals surface area contributed by atoms with E-state index in [9.17, 15) is 4.79 Å². The van der Waals surface area contributed by atoms with Crippen molar-refractivity contribution in [2.45, 2.75) is 13.3 Å². The van der Waals surface area contributed by atoms with E-state index < -0.39 is 0 Å². The molecule has 18 heavy (non-hydrogen) atoms. The van der Waals surface area contributed by atoms with Gasteiger partial charge in [0, 0.05) is 20.0 Å². The third-order valence-corrected chi connectivity index (χ3v) is 2.26. The summed E-state index contributed by atoms with van der Waals surface area (Å²) in [5.41, 5.74) is 0.570. The Balaban J connectivity index is 2.71. The van der Waals surface area contributed by atoms with Crippen molar-refractivity contribution in [1.82, 2.24) is 9.88 Å². The molecule has 0 saturated carbocycles. The van der Waals surface area contributed by atoms with Gasteiger partial charge in [0.05, 0.1) is 6.61 Å². The first-order chi connectivity index (χ1) is 8.67. The van der Waals surface area contributed by atoms with E-state index in [1.807, 2.05) is 6.92 Å². The summed E-state index contributed by atoms with van der Waals surface area (Å²) in [7, 11) is 1.71. The molecule has 1 rings (SSSR count). The summed E-state index contributed by atoms with van der Waals surface area (Å²) in [6.45, 7) is 2.55. The minimum absolute atomic E-state index is 0.0325. The topological polar surface area (TPSA) is 65.5 Å². The van der Waals surface area contributed by atoms with Crippen LogP contribution in [-0.4, -0.2) is 41.2 Å². The Kier molecular flexibility index (Phi) is 5.68. The van der Waals surface area contributed by atoms with E-state index in [-0.39, 0.29) is 12.6 Å². The second-order valence-electron chi connectivity index (χ2n) is 3.63. The van der Waals surface area contributed by atoms with Crippen LogP contribution in [-0.2, 0) is 0 Å². The Hall–Kier alpha value is -2.06. The fourth-order valence-electron chi connectivity index (χ4n) is 1.13. The fourth-order valence-corrected chi connectivity index (χ4v) is 1.13. The van der Waals surface area contributed by atoms with Crippen molar-refractivity contribution in [2.75, 3.05) is 25.5 Å². The van der Waals surface area contributed by atoms with Gasteiger partial charge in [-0.3, -0.25) is 5.32 Å². The number of urea groups is 1. The molecule has 1 aromatic rings. The van der Waals surface area contributed by atoms with E-state index in [0.29, 0.717) is 24.5 Å². The Bertz CT molecular complexity index is 463. The van der Waals surface area contributed by atoms with Crippen molar-refractivity contribution < 1.29 is 9.90 Å². The molecule has 0 atom stereocenters. The second-order valence-corrected chi connectivity index (χ2v) is 3.63. The molecular formula is C13H17N3O2. The minimum atomic E-state index is -0.203. The molecule has 0 aliphatic heterocycles. The van der Waals surface area contributed by atoms with Crippen LogP contribution in [0.3, 0.4) is 0 Å². The number of amides is 2. The third kappa shape index (κ3) is 4.44. The van der Waals surface area contributed by atoms with Crippen molar-refractivity contribution in [2.24, 2.45) is 0 Å². The van der Waals surface area contributed by atoms with E-state index in [4.69, 9.17) is 5.11 Å². The third-order valence-electron chi connectivity index (χ3n) is 2.26. The van der Waals surface area contributed by atoms with Gasteiger partial charge in [0.1, 0.15) is 11.5 Å². The van der Waals surface area contributed by atoms with Crippen LogP contribution in [0.25, 0.3) is 0 Å². The van der Waals surface area contributed by atoms with Crippen molar-refractivity contribution >= 4 is 11.8 Å². The maximum absolute atomic E-state index is 11.6. The number of aromatic nitrogens is 1. The van der Waals surface area contributed by atoms with Gasteiger partial charge in [-0.25, -0.2) is 9.78 Å². The molecule has 5 nitrogen and oxygen atoms in total. The first-order valence-corrected chi connectivity index (χ1v) is 5.76. The van der Waals surface area contributed by atoms with Gasteiger partial charge in [0.25, 0.3) is 0 Å². The summed E-state index contributed by atoms with van der Waals surface area (Å²) in [6, 6.07) is 5.03. The highest BCUT2D eigenvalue weighted by Gasteiger charge is 2.06. The number of carbonyl (C=O) groups excluding carboxylic acids is 1. The number of aliphatic hydroxyl groups is 1. The molecule has 96 valence electrons. The van der Waals surface area contributed by atoms with Crippen LogP contribution in [0.15, 0.2) is 18.2 Å². The summed E-state index contributed by atoms with van der Waals surface area (Å²) >= 11 is 0. The first-order valence-electron chi connectivity index (χ1n) is 5.76. The van der Waals surface area contributed by atoms with Crippen molar-refractivity contribution in [3.63, 3.8) is 0 Å². The average molecular weight is 247 g/mol. The second kappa shape index (κ2) is 7.30. The Morgan fingerprint density at radius 3 is 3.00 bits per heavy atom. The molecule has 1 heterocycles. The fraction of sp³-hybridized carbons (Fsp3) is 0.385. The van der Waals surface area contributed by atoms with Crippen LogP contribution in [0.4, 0.5) is 10.6 Å². The first kappa shape index (κ1) is 14.0. The normalized spacial score (nSPS) is 9.28. The number of rotatable bonds is 3. The molecule has 0 aliphatic carbocycles. The zero-order valence-electron chi connectivity index (χ0n) is 10.6. The number of aliphatic hydroxyl groups excluding tert-OH is 1. The Morgan fingerprint density at radius 2 is 2.33 bits per heavy atom. The minimum Gasteiger partial charge on any atom is -0.395 e. The lowest BCUT2D eigenvalue weighted by Gasteiger charge is -2.14. The standard InChI is InChI=1S/C13H17N3O2/c1-3-16(2)13(18)15-12-9-6-8-11(14-12)7-4-5-10-17/h6,8-9,17H,3,5,10H2,1-2H3,(H,14,15,18). The maximum Gasteiger partial charge on any atom is 0.322 e. The van der Waals surface area contributed by atoms with E-state index in [1.165, 1.54) is 0 Å². The summed E-state index contributed by atoms with van der Waals surface area (Å²) in [5.74, 6) is 6.07. The average Bonchev–Trinajstić information content (AvgIpc) is 2.38. The zero-order valence-corrected chi connectivity index (χ0v) is 10.6. The summed E-state index contributed by atoms with van der Waals surface area (Å²) in [5, 5.41) is 11.3. The number of pyridine rings is 1. The lowest BCUT2D eigenvalue weighted by Crippen LogP contribution is -2.31. The van der Waals surface area contributed by atoms with Crippen LogP contribution >= 0.6 is 0 Å². The van der Waals surface area contributed by atoms with E-state index in [2.05, 4.69) is 22.1 Å². The van der Waals surface area contributed by atoms with E-state index in [0.717, 1.165) is 0 Å². The SMILES string of the molecule is CCN(C)C(=O)Nc1cccc(C#CCCO)n1. The zero-order chi connectivity index (χ0) is 13.4. The number of nitrogens with one attached hydrogen (secondary N) is 1. The molecule has 5 heteroatoms. The summed E-state index contributed by atoms with van der Waals surface area (Å²) in [4.78, 5) is 17.4. The number of carbonyl (C=O) groups is 1. The van der Waals surface area contributed by atoms with Crippen molar-refractivity contribution in [1.29, 1.82) is 0 Å². The Morgan fingerprint density at radius 1 is 1.56 bits per heavy atom. The van der Waals surface area contributed by atoms with Crippen LogP contribution in [0.1, 0.15) is 19.0 Å². The molecular weight excluding hydrogens is 230 g/mol. The van der Waals surface area contributed by atoms with Gasteiger partial charge in [-0.1, -0.05) is 12.0 Å². The number of nitrogens with zero attached hydrogens (tertiary/aromatic N) is 2. The van der Waals surface area contributed by atoms with Crippen LogP contribution in [0.2, 0.25) is 0 Å². The number of hydrogen-bond acceptors (Lipinski definition) is 3. The van der Waals surface area contributed by atoms with Crippen molar-refractivity contribution in [3.8, 4) is 11.8 Å². The largest absolute Gasteiger partial charge is 0.395 e. The number of anilines is 1. The molecule has 0 spiro atoms. The van der Waals surface area contributed by atoms with E-state index in [1.54, 1.807) is 30.1 Å². The predicted molar refractivity (Wildman–Crippen MR) is 70.1 cm³/mol. The van der Waals surface area contributed by atoms with Gasteiger partial charge >= 0.3 is 6.03 Å². The van der Waals surface area contributed by atoms with E-state index >= 15 is 0 Å². The molecule has 0 unspecified atom stereocenters. The quantitative estimate of drug-likeness (QED) is 0.791. The monoisotopic (exact) mass is 247 g/mol. The lowest BCUT2D eigenvalue weighted by atomic mass is 10.3. The number of hydrogen-bond donors (Lipinski definition) is 2. The summed E-state index contributed by atoms with van der Waals surface area (Å²) < 4.78 is 0. The van der Waals surface area contributed by atoms with Gasteiger partial charge in [-0.2, -0.15) is 0 Å². The molecule has 0 radical (unpaired) electrons. The van der Waals surface area contributed by atoms with Gasteiger partial charge in [-0.05, 0) is 25.0 Å². The van der Waals surface area contributed by atoms with Gasteiger partial charge < -0.3 is 10.0 Å². The molecule has 2 amide bonds. The highest BCUT2D eigenvalue weighted by atomic mass is 16.2. The van der Waals surface area contributed by atoms with Gasteiger partial charge in [0.15, 0.2) is 0 Å². The smallest absolute Gasteiger partial charge is 0.322 e. The molecule has 0 saturated heterocycles. The maximum atomic E-state index is 11.6.